The first-order chi connectivity index (χ1) is 34.3. The number of aryl methyl sites for hydroxylation is 6. The molecule has 4 N–H and O–H groups in total. The number of nitrogens with two attached hydrogens (primary N) is 1. The van der Waals surface area contributed by atoms with Crippen LogP contribution in [0, 0.1) is 28.6 Å². The van der Waals surface area contributed by atoms with E-state index in [2.05, 4.69) is 54.0 Å². The van der Waals surface area contributed by atoms with Gasteiger partial charge in [0.15, 0.2) is 0 Å². The molecule has 4 heterocycles. The van der Waals surface area contributed by atoms with E-state index < -0.39 is 23.9 Å². The van der Waals surface area contributed by atoms with Crippen molar-refractivity contribution in [3.63, 3.8) is 0 Å². The molecular weight excluding hydrogens is 922 g/mol. The van der Waals surface area contributed by atoms with Gasteiger partial charge in [0.25, 0.3) is 0 Å². The smallest absolute Gasteiger partial charge is 0.320 e. The summed E-state index contributed by atoms with van der Waals surface area (Å²) in [6.45, 7) is 8.76. The molecule has 4 aromatic heterocycles. The molecule has 0 spiro atoms. The Kier molecular flexibility index (Phi) is 26.5. The molecule has 18 heteroatoms. The summed E-state index contributed by atoms with van der Waals surface area (Å²) in [6.07, 6.45) is 22.8. The first-order valence-electron chi connectivity index (χ1n) is 25.1. The number of ether oxygens (including phenoxy) is 2. The van der Waals surface area contributed by atoms with Crippen LogP contribution in [-0.4, -0.2) is 134 Å². The van der Waals surface area contributed by atoms with E-state index in [1.54, 1.807) is 14.2 Å². The fourth-order valence-corrected chi connectivity index (χ4v) is 8.58. The van der Waals surface area contributed by atoms with Gasteiger partial charge < -0.3 is 35.2 Å². The second kappa shape index (κ2) is 32.4. The van der Waals surface area contributed by atoms with Crippen LogP contribution in [0.25, 0.3) is 0 Å². The van der Waals surface area contributed by atoms with Crippen LogP contribution in [0.15, 0.2) is 49.1 Å². The Balaban J connectivity index is 0.000000268. The Morgan fingerprint density at radius 2 is 1.13 bits per heavy atom. The molecule has 0 amide bonds. The van der Waals surface area contributed by atoms with Gasteiger partial charge in [-0.2, -0.15) is 10.5 Å². The van der Waals surface area contributed by atoms with E-state index in [4.69, 9.17) is 52.4 Å². The second-order valence-corrected chi connectivity index (χ2v) is 18.8. The fourth-order valence-electron chi connectivity index (χ4n) is 8.49. The summed E-state index contributed by atoms with van der Waals surface area (Å²) < 4.78 is 10.8. The summed E-state index contributed by atoms with van der Waals surface area (Å²) in [5.41, 5.74) is 14.2. The lowest BCUT2D eigenvalue weighted by molar-refractivity contribution is -0.142. The topological polar surface area (TPSA) is 250 Å². The molecule has 0 radical (unpaired) electrons. The number of halogens is 1. The summed E-state index contributed by atoms with van der Waals surface area (Å²) in [5, 5.41) is 36.0. The van der Waals surface area contributed by atoms with E-state index in [1.165, 1.54) is 90.8 Å². The Labute approximate surface area is 425 Å². The average molecular weight is 997 g/mol. The van der Waals surface area contributed by atoms with E-state index in [9.17, 15) is 14.7 Å². The number of rotatable bonds is 26. The largest absolute Gasteiger partial charge is 0.481 e. The maximum absolute atomic E-state index is 11.9. The SMILES string of the molecule is CO[C@H](C)CN(CCCCc1ccc2c(n1)CCCC2)CC[C@H](Cc1ncc(C#N)cn1)C(=O)O.CO[C@H](C)CN(CCCCc1ccc2c(n1)CCCC2)CC[C@H](N)C(=O)O.N#Cc1cnc(Cl)nc1. The van der Waals surface area contributed by atoms with Crippen molar-refractivity contribution in [2.45, 2.75) is 141 Å². The zero-order valence-electron chi connectivity index (χ0n) is 42.1. The molecule has 6 rings (SSSR count). The lowest BCUT2D eigenvalue weighted by atomic mass is 9.95. The van der Waals surface area contributed by atoms with Crippen LogP contribution in [0.3, 0.4) is 0 Å². The van der Waals surface area contributed by atoms with Crippen molar-refractivity contribution >= 4 is 23.5 Å². The first kappa shape index (κ1) is 58.0. The highest BCUT2D eigenvalue weighted by molar-refractivity contribution is 6.28. The molecular formula is C53H74ClN11O6. The molecule has 0 saturated heterocycles. The van der Waals surface area contributed by atoms with E-state index in [1.807, 2.05) is 26.0 Å². The van der Waals surface area contributed by atoms with Crippen molar-refractivity contribution in [2.24, 2.45) is 11.7 Å². The van der Waals surface area contributed by atoms with Crippen molar-refractivity contribution < 1.29 is 29.3 Å². The molecule has 4 aromatic rings. The van der Waals surface area contributed by atoms with Gasteiger partial charge in [-0.15, -0.1) is 0 Å². The Morgan fingerprint density at radius 1 is 0.676 bits per heavy atom. The molecule has 0 bridgehead atoms. The van der Waals surface area contributed by atoms with Gasteiger partial charge in [0.1, 0.15) is 24.0 Å². The Morgan fingerprint density at radius 3 is 1.56 bits per heavy atom. The molecule has 0 unspecified atom stereocenters. The third kappa shape index (κ3) is 22.2. The summed E-state index contributed by atoms with van der Waals surface area (Å²) in [5.74, 6) is -1.92. The summed E-state index contributed by atoms with van der Waals surface area (Å²) in [7, 11) is 3.40. The Bertz CT molecular complexity index is 2290. The predicted octanol–water partition coefficient (Wildman–Crippen LogP) is 7.04. The molecule has 2 aliphatic carbocycles. The zero-order chi connectivity index (χ0) is 51.4. The van der Waals surface area contributed by atoms with Gasteiger partial charge in [-0.3, -0.25) is 19.6 Å². The number of methoxy groups -OCH3 is 2. The minimum atomic E-state index is -0.937. The minimum absolute atomic E-state index is 0.0717. The average Bonchev–Trinajstić information content (AvgIpc) is 3.39. The standard InChI is InChI=1S/C27H37N5O3.C21H35N3O3.C5H2ClN3/c1-20(35-2)19-32(13-6-5-8-24-11-10-22-7-3-4-9-25(22)31-24)14-12-23(27(33)34)15-26-29-17-21(16-28)18-30-26;1-16(27-2)15-24(14-12-19(22)21(25)26)13-6-5-8-18-11-10-17-7-3-4-9-20(17)23-18;6-5-8-2-4(1-7)3-9-5/h10-11,17-18,20,23H,3-9,12-15,19H2,1-2H3,(H,33,34);10-11,16,19H,3-9,12-15,22H2,1-2H3,(H,25,26);2-3H/t20-,23-;16-,19+;/m11./s1. The fraction of sp³-hybridized carbons (Fsp3) is 0.585. The van der Waals surface area contributed by atoms with Crippen molar-refractivity contribution in [1.29, 1.82) is 10.5 Å². The molecule has 0 aliphatic heterocycles. The van der Waals surface area contributed by atoms with Crippen LogP contribution in [0.5, 0.6) is 0 Å². The highest BCUT2D eigenvalue weighted by atomic mass is 35.5. The molecule has 0 aromatic carbocycles. The number of nitrogens with zero attached hydrogens (tertiary/aromatic N) is 10. The van der Waals surface area contributed by atoms with E-state index in [0.717, 1.165) is 84.0 Å². The third-order valence-electron chi connectivity index (χ3n) is 12.9. The van der Waals surface area contributed by atoms with Gasteiger partial charge in [-0.05, 0) is 171 Å². The highest BCUT2D eigenvalue weighted by Gasteiger charge is 2.22. The lowest BCUT2D eigenvalue weighted by Crippen LogP contribution is -2.38. The number of hydrogen-bond acceptors (Lipinski definition) is 15. The zero-order valence-corrected chi connectivity index (χ0v) is 42.9. The number of nitriles is 2. The van der Waals surface area contributed by atoms with Gasteiger partial charge in [0.2, 0.25) is 5.28 Å². The molecule has 0 saturated carbocycles. The van der Waals surface area contributed by atoms with Crippen LogP contribution < -0.4 is 5.73 Å². The molecule has 0 fully saturated rings. The summed E-state index contributed by atoms with van der Waals surface area (Å²) >= 11 is 5.34. The second-order valence-electron chi connectivity index (χ2n) is 18.5. The van der Waals surface area contributed by atoms with Crippen molar-refractivity contribution in [1.82, 2.24) is 39.7 Å². The number of hydrogen-bond donors (Lipinski definition) is 3. The van der Waals surface area contributed by atoms with E-state index >= 15 is 0 Å². The van der Waals surface area contributed by atoms with Crippen LogP contribution in [0.4, 0.5) is 0 Å². The van der Waals surface area contributed by atoms with Crippen LogP contribution in [-0.2, 0) is 64.0 Å². The number of aromatic nitrogens is 6. The van der Waals surface area contributed by atoms with Gasteiger partial charge in [0.05, 0.1) is 29.3 Å². The van der Waals surface area contributed by atoms with Gasteiger partial charge in [-0.25, -0.2) is 19.9 Å². The number of unbranched alkanes of at least 4 members (excludes halogenated alkanes) is 2. The number of carboxylic acids is 2. The van der Waals surface area contributed by atoms with Crippen LogP contribution in [0.2, 0.25) is 5.28 Å². The van der Waals surface area contributed by atoms with Crippen molar-refractivity contribution in [3.8, 4) is 12.1 Å². The molecule has 2 aliphatic rings. The van der Waals surface area contributed by atoms with Crippen molar-refractivity contribution in [3.05, 3.63) is 105 Å². The highest BCUT2D eigenvalue weighted by Crippen LogP contribution is 2.22. The maximum Gasteiger partial charge on any atom is 0.320 e. The van der Waals surface area contributed by atoms with Gasteiger partial charge >= 0.3 is 11.9 Å². The number of fused-ring (bicyclic) bond motifs is 2. The lowest BCUT2D eigenvalue weighted by Gasteiger charge is -2.26. The molecule has 71 heavy (non-hydrogen) atoms. The van der Waals surface area contributed by atoms with Crippen LogP contribution >= 0.6 is 11.6 Å². The number of aliphatic carboxylic acids is 2. The van der Waals surface area contributed by atoms with Crippen LogP contribution in [0.1, 0.15) is 129 Å². The number of pyridine rings is 2. The summed E-state index contributed by atoms with van der Waals surface area (Å²) in [4.78, 5) is 52.6. The van der Waals surface area contributed by atoms with Crippen molar-refractivity contribution in [2.75, 3.05) is 53.5 Å². The van der Waals surface area contributed by atoms with Gasteiger partial charge in [-0.1, -0.05) is 12.1 Å². The third-order valence-corrected chi connectivity index (χ3v) is 13.0. The first-order valence-corrected chi connectivity index (χ1v) is 25.4. The van der Waals surface area contributed by atoms with E-state index in [-0.39, 0.29) is 23.9 Å². The maximum atomic E-state index is 11.9. The molecule has 4 atom stereocenters. The number of carboxylic acid groups (broad SMARTS) is 2. The molecule has 17 nitrogen and oxygen atoms in total. The quantitative estimate of drug-likeness (QED) is 0.0421. The monoisotopic (exact) mass is 996 g/mol. The minimum Gasteiger partial charge on any atom is -0.481 e. The number of carbonyl (C=O) groups is 2. The Hall–Kier alpha value is -5.53. The van der Waals surface area contributed by atoms with E-state index in [0.29, 0.717) is 42.9 Å². The normalized spacial score (nSPS) is 14.5. The van der Waals surface area contributed by atoms with Gasteiger partial charge in [0, 0.05) is 87.8 Å². The summed E-state index contributed by atoms with van der Waals surface area (Å²) in [6, 6.07) is 11.9. The predicted molar refractivity (Wildman–Crippen MR) is 272 cm³/mol. The molecule has 384 valence electrons.